The molecule has 0 aliphatic rings. The standard InChI is InChI=1S/C18H31N3O4S/c1-14(2)11-18(22)19-16-7-8-17(20(3)4)15(12-16)13-21(9-10-25-5)26(6,23)24/h7-8,12,14H,9-11,13H2,1-6H3,(H,19,22). The van der Waals surface area contributed by atoms with E-state index in [1.54, 1.807) is 0 Å². The number of hydrogen-bond donors (Lipinski definition) is 1. The van der Waals surface area contributed by atoms with E-state index in [4.69, 9.17) is 4.74 Å². The van der Waals surface area contributed by atoms with E-state index < -0.39 is 10.0 Å². The molecule has 0 aliphatic heterocycles. The van der Waals surface area contributed by atoms with E-state index in [1.807, 2.05) is 51.0 Å². The van der Waals surface area contributed by atoms with Crippen LogP contribution in [0.1, 0.15) is 25.8 Å². The maximum absolute atomic E-state index is 12.1. The Bertz CT molecular complexity index is 702. The number of rotatable bonds is 10. The van der Waals surface area contributed by atoms with Crippen molar-refractivity contribution in [2.75, 3.05) is 50.8 Å². The van der Waals surface area contributed by atoms with Crippen LogP contribution in [0.3, 0.4) is 0 Å². The van der Waals surface area contributed by atoms with Gasteiger partial charge in [-0.15, -0.1) is 0 Å². The Morgan fingerprint density at radius 2 is 1.92 bits per heavy atom. The number of sulfonamides is 1. The highest BCUT2D eigenvalue weighted by atomic mass is 32.2. The van der Waals surface area contributed by atoms with Crippen molar-refractivity contribution in [3.8, 4) is 0 Å². The summed E-state index contributed by atoms with van der Waals surface area (Å²) in [7, 11) is 1.95. The Kier molecular flexibility index (Phi) is 8.52. The predicted molar refractivity (Wildman–Crippen MR) is 106 cm³/mol. The largest absolute Gasteiger partial charge is 0.383 e. The third-order valence-corrected chi connectivity index (χ3v) is 5.05. The minimum absolute atomic E-state index is 0.0529. The summed E-state index contributed by atoms with van der Waals surface area (Å²) >= 11 is 0. The van der Waals surface area contributed by atoms with Gasteiger partial charge in [-0.3, -0.25) is 4.79 Å². The normalized spacial score (nSPS) is 11.8. The molecule has 0 aromatic heterocycles. The quantitative estimate of drug-likeness (QED) is 0.668. The number of nitrogens with zero attached hydrogens (tertiary/aromatic N) is 2. The number of methoxy groups -OCH3 is 1. The summed E-state index contributed by atoms with van der Waals surface area (Å²) in [4.78, 5) is 14.0. The molecule has 0 saturated heterocycles. The molecule has 7 nitrogen and oxygen atoms in total. The number of carbonyl (C=O) groups excluding carboxylic acids is 1. The Labute approximate surface area is 157 Å². The number of hydrogen-bond acceptors (Lipinski definition) is 5. The third-order valence-electron chi connectivity index (χ3n) is 3.80. The van der Waals surface area contributed by atoms with Gasteiger partial charge in [0.1, 0.15) is 0 Å². The zero-order valence-corrected chi connectivity index (χ0v) is 17.4. The highest BCUT2D eigenvalue weighted by Crippen LogP contribution is 2.25. The minimum Gasteiger partial charge on any atom is -0.383 e. The molecule has 0 bridgehead atoms. The lowest BCUT2D eigenvalue weighted by atomic mass is 10.1. The molecule has 0 aliphatic carbocycles. The van der Waals surface area contributed by atoms with Crippen molar-refractivity contribution in [3.05, 3.63) is 23.8 Å². The van der Waals surface area contributed by atoms with Crippen LogP contribution >= 0.6 is 0 Å². The van der Waals surface area contributed by atoms with Crippen LogP contribution in [-0.2, 0) is 26.1 Å². The fraction of sp³-hybridized carbons (Fsp3) is 0.611. The van der Waals surface area contributed by atoms with E-state index in [0.717, 1.165) is 11.3 Å². The summed E-state index contributed by atoms with van der Waals surface area (Å²) in [5, 5.41) is 2.88. The second kappa shape index (κ2) is 9.89. The van der Waals surface area contributed by atoms with Gasteiger partial charge >= 0.3 is 0 Å². The van der Waals surface area contributed by atoms with Crippen LogP contribution in [-0.4, -0.2) is 59.2 Å². The molecule has 8 heteroatoms. The van der Waals surface area contributed by atoms with E-state index in [9.17, 15) is 13.2 Å². The molecule has 0 fully saturated rings. The molecule has 0 saturated carbocycles. The maximum Gasteiger partial charge on any atom is 0.224 e. The Hall–Kier alpha value is -1.64. The van der Waals surface area contributed by atoms with Gasteiger partial charge < -0.3 is 15.0 Å². The van der Waals surface area contributed by atoms with Gasteiger partial charge in [0.2, 0.25) is 15.9 Å². The van der Waals surface area contributed by atoms with Crippen LogP contribution < -0.4 is 10.2 Å². The first-order valence-electron chi connectivity index (χ1n) is 8.58. The second-order valence-corrected chi connectivity index (χ2v) is 8.96. The molecule has 1 rings (SSSR count). The van der Waals surface area contributed by atoms with Crippen LogP contribution in [0.5, 0.6) is 0 Å². The van der Waals surface area contributed by atoms with E-state index in [1.165, 1.54) is 17.7 Å². The van der Waals surface area contributed by atoms with Crippen molar-refractivity contribution in [1.29, 1.82) is 0 Å². The molecule has 1 amide bonds. The number of benzene rings is 1. The lowest BCUT2D eigenvalue weighted by Gasteiger charge is -2.24. The first kappa shape index (κ1) is 22.4. The van der Waals surface area contributed by atoms with E-state index in [0.29, 0.717) is 18.7 Å². The van der Waals surface area contributed by atoms with Crippen molar-refractivity contribution in [2.24, 2.45) is 5.92 Å². The monoisotopic (exact) mass is 385 g/mol. The average molecular weight is 386 g/mol. The first-order valence-corrected chi connectivity index (χ1v) is 10.4. The zero-order chi connectivity index (χ0) is 19.9. The molecule has 0 atom stereocenters. The average Bonchev–Trinajstić information content (AvgIpc) is 2.49. The van der Waals surface area contributed by atoms with Gasteiger partial charge in [0.15, 0.2) is 0 Å². The molecule has 26 heavy (non-hydrogen) atoms. The van der Waals surface area contributed by atoms with Gasteiger partial charge in [0.05, 0.1) is 12.9 Å². The number of nitrogens with one attached hydrogen (secondary N) is 1. The van der Waals surface area contributed by atoms with Gasteiger partial charge in [-0.2, -0.15) is 4.31 Å². The first-order chi connectivity index (χ1) is 12.0. The number of amides is 1. The van der Waals surface area contributed by atoms with Gasteiger partial charge in [0, 0.05) is 52.1 Å². The van der Waals surface area contributed by atoms with Crippen LogP contribution in [0, 0.1) is 5.92 Å². The molecule has 0 unspecified atom stereocenters. The smallest absolute Gasteiger partial charge is 0.224 e. The minimum atomic E-state index is -3.38. The number of ether oxygens (including phenoxy) is 1. The SMILES string of the molecule is COCCN(Cc1cc(NC(=O)CC(C)C)ccc1N(C)C)S(C)(=O)=O. The van der Waals surface area contributed by atoms with Crippen LogP contribution in [0.2, 0.25) is 0 Å². The van der Waals surface area contributed by atoms with Crippen LogP contribution in [0.4, 0.5) is 11.4 Å². The van der Waals surface area contributed by atoms with Crippen molar-refractivity contribution in [2.45, 2.75) is 26.8 Å². The van der Waals surface area contributed by atoms with Crippen LogP contribution in [0.15, 0.2) is 18.2 Å². The van der Waals surface area contributed by atoms with Gasteiger partial charge in [-0.1, -0.05) is 13.8 Å². The molecule has 0 spiro atoms. The van der Waals surface area contributed by atoms with Crippen LogP contribution in [0.25, 0.3) is 0 Å². The molecule has 0 heterocycles. The number of anilines is 2. The predicted octanol–water partition coefficient (Wildman–Crippen LogP) is 2.15. The Morgan fingerprint density at radius 1 is 1.27 bits per heavy atom. The zero-order valence-electron chi connectivity index (χ0n) is 16.6. The Balaban J connectivity index is 3.12. The van der Waals surface area contributed by atoms with Crippen molar-refractivity contribution in [1.82, 2.24) is 4.31 Å². The maximum atomic E-state index is 12.1. The third kappa shape index (κ3) is 7.31. The summed E-state index contributed by atoms with van der Waals surface area (Å²) in [5.41, 5.74) is 2.38. The molecule has 148 valence electrons. The lowest BCUT2D eigenvalue weighted by Crippen LogP contribution is -2.33. The topological polar surface area (TPSA) is 79.0 Å². The summed E-state index contributed by atoms with van der Waals surface area (Å²) in [6.45, 7) is 4.77. The molecular formula is C18H31N3O4S. The lowest BCUT2D eigenvalue weighted by molar-refractivity contribution is -0.116. The molecule has 0 radical (unpaired) electrons. The van der Waals surface area contributed by atoms with E-state index in [2.05, 4.69) is 5.32 Å². The summed E-state index contributed by atoms with van der Waals surface area (Å²) in [6.07, 6.45) is 1.63. The highest BCUT2D eigenvalue weighted by Gasteiger charge is 2.19. The fourth-order valence-electron chi connectivity index (χ4n) is 2.55. The number of carbonyl (C=O) groups is 1. The van der Waals surface area contributed by atoms with Gasteiger partial charge in [0.25, 0.3) is 0 Å². The van der Waals surface area contributed by atoms with E-state index >= 15 is 0 Å². The summed E-state index contributed by atoms with van der Waals surface area (Å²) < 4.78 is 30.6. The molecular weight excluding hydrogens is 354 g/mol. The summed E-state index contributed by atoms with van der Waals surface area (Å²) in [5.74, 6) is 0.216. The highest BCUT2D eigenvalue weighted by molar-refractivity contribution is 7.88. The summed E-state index contributed by atoms with van der Waals surface area (Å²) in [6, 6.07) is 5.55. The Morgan fingerprint density at radius 3 is 2.42 bits per heavy atom. The van der Waals surface area contributed by atoms with E-state index in [-0.39, 0.29) is 24.9 Å². The van der Waals surface area contributed by atoms with Gasteiger partial charge in [-0.05, 0) is 29.7 Å². The van der Waals surface area contributed by atoms with Gasteiger partial charge in [-0.25, -0.2) is 8.42 Å². The molecule has 1 aromatic rings. The second-order valence-electron chi connectivity index (χ2n) is 6.97. The van der Waals surface area contributed by atoms with Crippen molar-refractivity contribution < 1.29 is 17.9 Å². The molecule has 1 N–H and O–H groups in total. The fourth-order valence-corrected chi connectivity index (χ4v) is 3.33. The molecule has 1 aromatic carbocycles. The van der Waals surface area contributed by atoms with Crippen molar-refractivity contribution in [3.63, 3.8) is 0 Å². The van der Waals surface area contributed by atoms with Crippen molar-refractivity contribution >= 4 is 27.3 Å².